The maximum atomic E-state index is 13.5. The summed E-state index contributed by atoms with van der Waals surface area (Å²) in [7, 11) is 0. The highest BCUT2D eigenvalue weighted by Crippen LogP contribution is 2.31. The Morgan fingerprint density at radius 3 is 2.03 bits per heavy atom. The van der Waals surface area contributed by atoms with Crippen LogP contribution in [0.2, 0.25) is 0 Å². The first-order valence-corrected chi connectivity index (χ1v) is 12.0. The van der Waals surface area contributed by atoms with Crippen molar-refractivity contribution in [3.63, 3.8) is 0 Å². The first-order valence-electron chi connectivity index (χ1n) is 12.0. The molecular weight excluding hydrogens is 500 g/mol. The van der Waals surface area contributed by atoms with Gasteiger partial charge < -0.3 is 14.9 Å². The number of nitrogens with zero attached hydrogens (tertiary/aromatic N) is 2. The minimum absolute atomic E-state index is 0.0242. The van der Waals surface area contributed by atoms with E-state index < -0.39 is 29.2 Å². The summed E-state index contributed by atoms with van der Waals surface area (Å²) in [6.07, 6.45) is 0.618. The summed E-state index contributed by atoms with van der Waals surface area (Å²) in [5.41, 5.74) is 2.16. The number of aliphatic carboxylic acids is 1. The predicted octanol–water partition coefficient (Wildman–Crippen LogP) is 4.35. The van der Waals surface area contributed by atoms with E-state index in [1.807, 2.05) is 12.1 Å². The Labute approximate surface area is 223 Å². The Kier molecular flexibility index (Phi) is 8.11. The van der Waals surface area contributed by atoms with E-state index in [1.165, 1.54) is 16.7 Å². The Hall–Kier alpha value is -5.31. The van der Waals surface area contributed by atoms with Crippen molar-refractivity contribution in [2.45, 2.75) is 13.5 Å². The smallest absolute Gasteiger partial charge is 0.376 e. The van der Waals surface area contributed by atoms with Gasteiger partial charge in [-0.2, -0.15) is 4.98 Å². The van der Waals surface area contributed by atoms with Crippen LogP contribution in [0.15, 0.2) is 95.8 Å². The van der Waals surface area contributed by atoms with Crippen LogP contribution >= 0.6 is 0 Å². The number of benzene rings is 3. The molecule has 4 rings (SSSR count). The Bertz CT molecular complexity index is 1610. The summed E-state index contributed by atoms with van der Waals surface area (Å²) in [6.45, 7) is 1.85. The highest BCUT2D eigenvalue weighted by molar-refractivity contribution is 6.38. The molecule has 0 atom stereocenters. The fraction of sp³-hybridized carbons (Fsp3) is 0.100. The van der Waals surface area contributed by atoms with E-state index >= 15 is 0 Å². The van der Waals surface area contributed by atoms with Crippen molar-refractivity contribution in [1.29, 1.82) is 0 Å². The van der Waals surface area contributed by atoms with Gasteiger partial charge in [-0.3, -0.25) is 9.36 Å². The summed E-state index contributed by atoms with van der Waals surface area (Å²) >= 11 is 0. The van der Waals surface area contributed by atoms with Crippen LogP contribution in [0.1, 0.15) is 28.4 Å². The molecule has 0 aliphatic carbocycles. The lowest BCUT2D eigenvalue weighted by Crippen LogP contribution is -2.29. The highest BCUT2D eigenvalue weighted by Gasteiger charge is 2.26. The maximum absolute atomic E-state index is 13.5. The molecule has 2 N–H and O–H groups in total. The number of hydrogen-bond donors (Lipinski definition) is 2. The molecule has 0 aliphatic rings. The lowest BCUT2D eigenvalue weighted by Gasteiger charge is -2.19. The molecule has 1 aromatic heterocycles. The standard InChI is InChI=1S/C30H24N2O7/c1-2-39-29(37)25-26(21-9-5-3-6-10-21)31-30(38)32(27(25)22-11-7-4-8-12-22)18-19-13-15-20(16-14-19)23(33)17-24(34)28(35)36/h3-17,33H,2,18H2,1H3,(H,35,36). The molecule has 0 fully saturated rings. The molecule has 9 heteroatoms. The molecular formula is C30H24N2O7. The highest BCUT2D eigenvalue weighted by atomic mass is 16.5. The second-order valence-electron chi connectivity index (χ2n) is 8.40. The quantitative estimate of drug-likeness (QED) is 0.143. The number of hydrogen-bond acceptors (Lipinski definition) is 7. The first-order chi connectivity index (χ1) is 18.8. The second kappa shape index (κ2) is 11.8. The normalized spacial score (nSPS) is 11.2. The van der Waals surface area contributed by atoms with E-state index in [2.05, 4.69) is 4.98 Å². The van der Waals surface area contributed by atoms with Crippen LogP contribution in [0.5, 0.6) is 0 Å². The van der Waals surface area contributed by atoms with Crippen LogP contribution in [-0.2, 0) is 20.9 Å². The van der Waals surface area contributed by atoms with Crippen molar-refractivity contribution in [2.24, 2.45) is 0 Å². The number of carbonyl (C=O) groups is 3. The molecule has 1 heterocycles. The zero-order valence-electron chi connectivity index (χ0n) is 20.9. The lowest BCUT2D eigenvalue weighted by molar-refractivity contribution is -0.146. The number of carbonyl (C=O) groups excluding carboxylic acids is 2. The number of rotatable bonds is 9. The Morgan fingerprint density at radius 1 is 0.872 bits per heavy atom. The Morgan fingerprint density at radius 2 is 1.46 bits per heavy atom. The van der Waals surface area contributed by atoms with Crippen LogP contribution in [0.25, 0.3) is 28.3 Å². The lowest BCUT2D eigenvalue weighted by atomic mass is 9.99. The summed E-state index contributed by atoms with van der Waals surface area (Å²) in [5.74, 6) is -4.07. The van der Waals surface area contributed by atoms with Crippen molar-refractivity contribution >= 4 is 23.5 Å². The molecule has 3 aromatic carbocycles. The number of aliphatic hydroxyl groups excluding tert-OH is 1. The monoisotopic (exact) mass is 524 g/mol. The molecule has 196 valence electrons. The van der Waals surface area contributed by atoms with Crippen molar-refractivity contribution in [1.82, 2.24) is 9.55 Å². The molecule has 4 aromatic rings. The number of carboxylic acids is 1. The molecule has 0 aliphatic heterocycles. The molecule has 0 saturated carbocycles. The van der Waals surface area contributed by atoms with Crippen LogP contribution in [0, 0.1) is 0 Å². The van der Waals surface area contributed by atoms with E-state index in [0.29, 0.717) is 28.5 Å². The van der Waals surface area contributed by atoms with E-state index in [-0.39, 0.29) is 30.0 Å². The van der Waals surface area contributed by atoms with E-state index in [4.69, 9.17) is 9.84 Å². The van der Waals surface area contributed by atoms with Gasteiger partial charge in [0.15, 0.2) is 0 Å². The molecule has 0 spiro atoms. The molecule has 0 unspecified atom stereocenters. The van der Waals surface area contributed by atoms with E-state index in [9.17, 15) is 24.3 Å². The minimum Gasteiger partial charge on any atom is -0.507 e. The average molecular weight is 525 g/mol. The van der Waals surface area contributed by atoms with Crippen LogP contribution < -0.4 is 5.69 Å². The number of esters is 1. The second-order valence-corrected chi connectivity index (χ2v) is 8.40. The molecule has 0 amide bonds. The van der Waals surface area contributed by atoms with Gasteiger partial charge in [-0.15, -0.1) is 0 Å². The number of aliphatic hydroxyl groups is 1. The third-order valence-corrected chi connectivity index (χ3v) is 5.82. The predicted molar refractivity (Wildman–Crippen MR) is 144 cm³/mol. The van der Waals surface area contributed by atoms with Gasteiger partial charge in [0.2, 0.25) is 0 Å². The van der Waals surface area contributed by atoms with Crippen LogP contribution in [0.4, 0.5) is 0 Å². The number of ether oxygens (including phenoxy) is 1. The van der Waals surface area contributed by atoms with Crippen LogP contribution in [-0.4, -0.2) is 44.1 Å². The summed E-state index contributed by atoms with van der Waals surface area (Å²) in [4.78, 5) is 53.2. The van der Waals surface area contributed by atoms with Gasteiger partial charge in [0, 0.05) is 17.2 Å². The van der Waals surface area contributed by atoms with Gasteiger partial charge >= 0.3 is 17.6 Å². The zero-order chi connectivity index (χ0) is 27.9. The van der Waals surface area contributed by atoms with E-state index in [1.54, 1.807) is 67.6 Å². The van der Waals surface area contributed by atoms with Gasteiger partial charge in [-0.1, -0.05) is 84.9 Å². The topological polar surface area (TPSA) is 136 Å². The van der Waals surface area contributed by atoms with E-state index in [0.717, 1.165) is 0 Å². The molecule has 39 heavy (non-hydrogen) atoms. The fourth-order valence-electron chi connectivity index (χ4n) is 4.03. The molecule has 0 bridgehead atoms. The van der Waals surface area contributed by atoms with Crippen molar-refractivity contribution < 1.29 is 29.3 Å². The summed E-state index contributed by atoms with van der Waals surface area (Å²) in [6, 6.07) is 24.1. The first kappa shape index (κ1) is 26.7. The third kappa shape index (κ3) is 5.99. The van der Waals surface area contributed by atoms with Crippen molar-refractivity contribution in [3.05, 3.63) is 118 Å². The fourth-order valence-corrected chi connectivity index (χ4v) is 4.03. The number of carboxylic acid groups (broad SMARTS) is 1. The van der Waals surface area contributed by atoms with Gasteiger partial charge in [-0.05, 0) is 18.1 Å². The number of ketones is 1. The van der Waals surface area contributed by atoms with Crippen molar-refractivity contribution in [2.75, 3.05) is 6.61 Å². The largest absolute Gasteiger partial charge is 0.507 e. The maximum Gasteiger partial charge on any atom is 0.376 e. The van der Waals surface area contributed by atoms with Gasteiger partial charge in [0.25, 0.3) is 5.78 Å². The van der Waals surface area contributed by atoms with Gasteiger partial charge in [-0.25, -0.2) is 14.4 Å². The third-order valence-electron chi connectivity index (χ3n) is 5.82. The minimum atomic E-state index is -1.69. The zero-order valence-corrected chi connectivity index (χ0v) is 20.9. The molecule has 0 radical (unpaired) electrons. The molecule has 9 nitrogen and oxygen atoms in total. The van der Waals surface area contributed by atoms with Crippen LogP contribution in [0.3, 0.4) is 0 Å². The summed E-state index contributed by atoms with van der Waals surface area (Å²) in [5, 5.41) is 18.8. The van der Waals surface area contributed by atoms with Gasteiger partial charge in [0.1, 0.15) is 11.3 Å². The average Bonchev–Trinajstić information content (AvgIpc) is 2.95. The molecule has 0 saturated heterocycles. The summed E-state index contributed by atoms with van der Waals surface area (Å²) < 4.78 is 6.77. The number of aromatic nitrogens is 2. The van der Waals surface area contributed by atoms with Gasteiger partial charge in [0.05, 0.1) is 24.5 Å². The van der Waals surface area contributed by atoms with Crippen molar-refractivity contribution in [3.8, 4) is 22.5 Å². The Balaban J connectivity index is 1.87. The SMILES string of the molecule is CCOC(=O)c1c(-c2ccccc2)nc(=O)n(Cc2ccc(C(O)=CC(=O)C(=O)O)cc2)c1-c1ccccc1.